The molecule has 1 atom stereocenters. The predicted molar refractivity (Wildman–Crippen MR) is 135 cm³/mol. The van der Waals surface area contributed by atoms with E-state index in [1.807, 2.05) is 0 Å². The SMILES string of the molecule is COc1ccc(S(=O)(=O)N[C@@H](CNC(=O)CN2CCN(c3ccc(C(N)=NO)cc3)CC2=O)C(=O)O)cc1. The molecule has 0 unspecified atom stereocenters. The van der Waals surface area contributed by atoms with Gasteiger partial charge in [0.05, 0.1) is 25.1 Å². The maximum atomic E-state index is 12.6. The molecule has 14 nitrogen and oxygen atoms in total. The van der Waals surface area contributed by atoms with E-state index in [0.29, 0.717) is 17.9 Å². The Bertz CT molecular complexity index is 1300. The summed E-state index contributed by atoms with van der Waals surface area (Å²) in [6.07, 6.45) is 0. The number of hydrogen-bond donors (Lipinski definition) is 5. The summed E-state index contributed by atoms with van der Waals surface area (Å²) in [6, 6.07) is 10.5. The molecule has 1 saturated heterocycles. The number of rotatable bonds is 11. The summed E-state index contributed by atoms with van der Waals surface area (Å²) < 4.78 is 32.1. The second-order valence-electron chi connectivity index (χ2n) is 8.26. The van der Waals surface area contributed by atoms with E-state index < -0.39 is 34.5 Å². The maximum Gasteiger partial charge on any atom is 0.323 e. The van der Waals surface area contributed by atoms with Gasteiger partial charge in [0.25, 0.3) is 0 Å². The highest BCUT2D eigenvalue weighted by Gasteiger charge is 2.28. The minimum absolute atomic E-state index is 0.00953. The smallest absolute Gasteiger partial charge is 0.323 e. The number of carboxylic acid groups (broad SMARTS) is 1. The average molecular weight is 549 g/mol. The van der Waals surface area contributed by atoms with Crippen molar-refractivity contribution >= 4 is 39.3 Å². The van der Waals surface area contributed by atoms with Crippen molar-refractivity contribution in [2.75, 3.05) is 44.7 Å². The molecule has 0 saturated carbocycles. The van der Waals surface area contributed by atoms with Gasteiger partial charge in [0.15, 0.2) is 5.84 Å². The lowest BCUT2D eigenvalue weighted by Gasteiger charge is -2.35. The Kier molecular flexibility index (Phi) is 9.09. The number of amidine groups is 1. The molecule has 0 aromatic heterocycles. The Balaban J connectivity index is 1.52. The summed E-state index contributed by atoms with van der Waals surface area (Å²) in [5.41, 5.74) is 6.81. The van der Waals surface area contributed by atoms with Crippen molar-refractivity contribution in [2.24, 2.45) is 10.9 Å². The zero-order valence-corrected chi connectivity index (χ0v) is 21.2. The number of carbonyl (C=O) groups excluding carboxylic acids is 2. The summed E-state index contributed by atoms with van der Waals surface area (Å²) in [7, 11) is -2.77. The number of nitrogens with zero attached hydrogens (tertiary/aromatic N) is 3. The van der Waals surface area contributed by atoms with Crippen LogP contribution in [-0.2, 0) is 24.4 Å². The molecule has 15 heteroatoms. The number of methoxy groups -OCH3 is 1. The zero-order valence-electron chi connectivity index (χ0n) is 20.4. The van der Waals surface area contributed by atoms with Gasteiger partial charge in [0.2, 0.25) is 21.8 Å². The molecule has 2 aromatic rings. The summed E-state index contributed by atoms with van der Waals surface area (Å²) in [5, 5.41) is 23.5. The van der Waals surface area contributed by atoms with E-state index in [4.69, 9.17) is 15.7 Å². The number of piperazine rings is 1. The minimum Gasteiger partial charge on any atom is -0.497 e. The lowest BCUT2D eigenvalue weighted by Crippen LogP contribution is -2.54. The lowest BCUT2D eigenvalue weighted by atomic mass is 10.1. The Labute approximate surface area is 218 Å². The number of carbonyl (C=O) groups is 3. The predicted octanol–water partition coefficient (Wildman–Crippen LogP) is -1.01. The van der Waals surface area contributed by atoms with Gasteiger partial charge < -0.3 is 35.9 Å². The summed E-state index contributed by atoms with van der Waals surface area (Å²) in [4.78, 5) is 39.6. The molecule has 2 aromatic carbocycles. The van der Waals surface area contributed by atoms with Crippen LogP contribution >= 0.6 is 0 Å². The number of ether oxygens (including phenoxy) is 1. The van der Waals surface area contributed by atoms with Gasteiger partial charge in [-0.15, -0.1) is 0 Å². The molecule has 0 bridgehead atoms. The third-order valence-electron chi connectivity index (χ3n) is 5.76. The number of amides is 2. The molecule has 0 radical (unpaired) electrons. The summed E-state index contributed by atoms with van der Waals surface area (Å²) in [6.45, 7) is -0.158. The highest BCUT2D eigenvalue weighted by Crippen LogP contribution is 2.18. The van der Waals surface area contributed by atoms with E-state index >= 15 is 0 Å². The van der Waals surface area contributed by atoms with Gasteiger partial charge in [0.1, 0.15) is 11.8 Å². The Morgan fingerprint density at radius 1 is 1.13 bits per heavy atom. The van der Waals surface area contributed by atoms with Gasteiger partial charge >= 0.3 is 5.97 Å². The zero-order chi connectivity index (χ0) is 27.9. The number of nitrogens with two attached hydrogens (primary N) is 1. The number of nitrogens with one attached hydrogen (secondary N) is 2. The highest BCUT2D eigenvalue weighted by atomic mass is 32.2. The second-order valence-corrected chi connectivity index (χ2v) is 9.97. The third kappa shape index (κ3) is 7.10. The number of aliphatic carboxylic acids is 1. The molecule has 1 fully saturated rings. The minimum atomic E-state index is -4.19. The van der Waals surface area contributed by atoms with Crippen LogP contribution in [0.1, 0.15) is 5.56 Å². The van der Waals surface area contributed by atoms with Crippen LogP contribution in [-0.4, -0.2) is 93.1 Å². The first-order valence-electron chi connectivity index (χ1n) is 11.3. The van der Waals surface area contributed by atoms with Crippen LogP contribution in [0.2, 0.25) is 0 Å². The van der Waals surface area contributed by atoms with E-state index in [1.54, 1.807) is 29.2 Å². The number of benzene rings is 2. The fourth-order valence-electron chi connectivity index (χ4n) is 3.63. The molecule has 2 amide bonds. The molecule has 1 aliphatic rings. The molecule has 0 aliphatic carbocycles. The number of anilines is 1. The van der Waals surface area contributed by atoms with Gasteiger partial charge in [-0.1, -0.05) is 5.16 Å². The fourth-order valence-corrected chi connectivity index (χ4v) is 4.82. The van der Waals surface area contributed by atoms with Gasteiger partial charge in [-0.25, -0.2) is 8.42 Å². The van der Waals surface area contributed by atoms with Crippen LogP contribution in [0.5, 0.6) is 5.75 Å². The van der Waals surface area contributed by atoms with E-state index in [0.717, 1.165) is 5.69 Å². The Morgan fingerprint density at radius 2 is 1.79 bits per heavy atom. The molecule has 1 heterocycles. The van der Waals surface area contributed by atoms with Crippen LogP contribution < -0.4 is 25.4 Å². The molecule has 38 heavy (non-hydrogen) atoms. The standard InChI is InChI=1S/C23H28N6O8S/c1-37-17-6-8-18(9-7-17)38(35,36)27-19(23(32)33)12-25-20(30)13-29-11-10-28(14-21(29)31)16-4-2-15(3-5-16)22(24)26-34/h2-9,19,27,34H,10-14H2,1H3,(H2,24,26)(H,25,30)(H,32,33)/t19-/m0/s1. The first kappa shape index (κ1) is 28.2. The molecule has 204 valence electrons. The number of carboxylic acids is 1. The van der Waals surface area contributed by atoms with E-state index in [9.17, 15) is 27.9 Å². The van der Waals surface area contributed by atoms with Crippen LogP contribution in [0.25, 0.3) is 0 Å². The monoisotopic (exact) mass is 548 g/mol. The van der Waals surface area contributed by atoms with Crippen molar-refractivity contribution in [3.8, 4) is 5.75 Å². The molecule has 0 spiro atoms. The van der Waals surface area contributed by atoms with Crippen LogP contribution in [0, 0.1) is 0 Å². The van der Waals surface area contributed by atoms with Crippen LogP contribution in [0.4, 0.5) is 5.69 Å². The number of hydrogen-bond acceptors (Lipinski definition) is 9. The van der Waals surface area contributed by atoms with E-state index in [-0.39, 0.29) is 36.3 Å². The first-order valence-corrected chi connectivity index (χ1v) is 12.8. The van der Waals surface area contributed by atoms with Crippen molar-refractivity contribution < 1.29 is 37.9 Å². The molecule has 3 rings (SSSR count). The largest absolute Gasteiger partial charge is 0.497 e. The van der Waals surface area contributed by atoms with Crippen LogP contribution in [0.15, 0.2) is 58.6 Å². The summed E-state index contributed by atoms with van der Waals surface area (Å²) >= 11 is 0. The van der Waals surface area contributed by atoms with Gasteiger partial charge in [-0.3, -0.25) is 14.4 Å². The highest BCUT2D eigenvalue weighted by molar-refractivity contribution is 7.89. The average Bonchev–Trinajstić information content (AvgIpc) is 2.91. The van der Waals surface area contributed by atoms with Crippen molar-refractivity contribution in [3.63, 3.8) is 0 Å². The molecular weight excluding hydrogens is 520 g/mol. The van der Waals surface area contributed by atoms with Crippen LogP contribution in [0.3, 0.4) is 0 Å². The second kappa shape index (κ2) is 12.2. The number of sulfonamides is 1. The molecular formula is C23H28N6O8S. The topological polar surface area (TPSA) is 204 Å². The van der Waals surface area contributed by atoms with E-state index in [1.165, 1.54) is 36.3 Å². The molecule has 6 N–H and O–H groups in total. The van der Waals surface area contributed by atoms with Crippen molar-refractivity contribution in [1.82, 2.24) is 14.9 Å². The quantitative estimate of drug-likeness (QED) is 0.100. The fraction of sp³-hybridized carbons (Fsp3) is 0.304. The van der Waals surface area contributed by atoms with Gasteiger partial charge in [-0.2, -0.15) is 4.72 Å². The van der Waals surface area contributed by atoms with Gasteiger partial charge in [-0.05, 0) is 48.5 Å². The lowest BCUT2D eigenvalue weighted by molar-refractivity contribution is -0.139. The third-order valence-corrected chi connectivity index (χ3v) is 7.25. The molecule has 1 aliphatic heterocycles. The summed E-state index contributed by atoms with van der Waals surface area (Å²) in [5.74, 6) is -2.04. The normalized spacial score (nSPS) is 15.2. The first-order chi connectivity index (χ1) is 18.0. The van der Waals surface area contributed by atoms with Crippen molar-refractivity contribution in [1.29, 1.82) is 0 Å². The van der Waals surface area contributed by atoms with Gasteiger partial charge in [0, 0.05) is 30.9 Å². The van der Waals surface area contributed by atoms with Crippen molar-refractivity contribution in [2.45, 2.75) is 10.9 Å². The number of oxime groups is 1. The maximum absolute atomic E-state index is 12.6. The Hall–Kier alpha value is -4.37. The van der Waals surface area contributed by atoms with Crippen molar-refractivity contribution in [3.05, 3.63) is 54.1 Å². The van der Waals surface area contributed by atoms with E-state index in [2.05, 4.69) is 15.2 Å². The Morgan fingerprint density at radius 3 is 2.34 bits per heavy atom.